The van der Waals surface area contributed by atoms with Crippen molar-refractivity contribution in [1.82, 2.24) is 19.8 Å². The van der Waals surface area contributed by atoms with E-state index < -0.39 is 0 Å². The maximum atomic E-state index is 12.3. The summed E-state index contributed by atoms with van der Waals surface area (Å²) in [6, 6.07) is 3.56. The minimum absolute atomic E-state index is 0.268. The van der Waals surface area contributed by atoms with E-state index in [1.807, 2.05) is 6.92 Å². The van der Waals surface area contributed by atoms with Gasteiger partial charge in [-0.1, -0.05) is 5.16 Å². The van der Waals surface area contributed by atoms with Gasteiger partial charge in [0.1, 0.15) is 12.1 Å². The molecule has 106 valence electrons. The molecule has 1 saturated carbocycles. The maximum Gasteiger partial charge on any atom is 0.278 e. The molecule has 21 heavy (non-hydrogen) atoms. The lowest BCUT2D eigenvalue weighted by atomic mass is 10.1. The van der Waals surface area contributed by atoms with Crippen molar-refractivity contribution in [2.45, 2.75) is 25.7 Å². The van der Waals surface area contributed by atoms with Gasteiger partial charge in [0.15, 0.2) is 11.3 Å². The molecule has 0 aromatic carbocycles. The van der Waals surface area contributed by atoms with Gasteiger partial charge in [0.25, 0.3) is 5.91 Å². The number of hydrogen-bond donors (Lipinski definition) is 1. The number of aromatic nitrogens is 4. The van der Waals surface area contributed by atoms with Crippen molar-refractivity contribution in [2.24, 2.45) is 0 Å². The van der Waals surface area contributed by atoms with Gasteiger partial charge in [0.2, 0.25) is 0 Å². The van der Waals surface area contributed by atoms with Crippen molar-refractivity contribution >= 4 is 17.2 Å². The van der Waals surface area contributed by atoms with Crippen LogP contribution >= 0.6 is 0 Å². The lowest BCUT2D eigenvalue weighted by Gasteiger charge is -2.03. The molecule has 3 heterocycles. The van der Waals surface area contributed by atoms with Gasteiger partial charge in [-0.3, -0.25) is 9.20 Å². The summed E-state index contributed by atoms with van der Waals surface area (Å²) in [5, 5.41) is 14.4. The van der Waals surface area contributed by atoms with Crippen LogP contribution in [0.15, 0.2) is 29.2 Å². The Hall–Kier alpha value is -2.70. The number of carbonyl (C=O) groups excluding carboxylic acids is 1. The summed E-state index contributed by atoms with van der Waals surface area (Å²) in [6.45, 7) is 1.88. The Labute approximate surface area is 120 Å². The van der Waals surface area contributed by atoms with Crippen LogP contribution in [0.1, 0.15) is 40.6 Å². The summed E-state index contributed by atoms with van der Waals surface area (Å²) in [7, 11) is 0. The lowest BCUT2D eigenvalue weighted by Crippen LogP contribution is -2.14. The van der Waals surface area contributed by atoms with E-state index in [1.54, 1.807) is 29.1 Å². The van der Waals surface area contributed by atoms with E-state index in [2.05, 4.69) is 20.7 Å². The smallest absolute Gasteiger partial charge is 0.278 e. The third kappa shape index (κ3) is 2.06. The topological polar surface area (TPSA) is 85.3 Å². The number of hydrogen-bond acceptors (Lipinski definition) is 5. The fraction of sp³-hybridized carbons (Fsp3) is 0.286. The summed E-state index contributed by atoms with van der Waals surface area (Å²) in [5.41, 5.74) is 2.56. The normalized spacial score (nSPS) is 14.5. The average molecular weight is 283 g/mol. The molecule has 0 radical (unpaired) electrons. The Morgan fingerprint density at radius 1 is 1.43 bits per heavy atom. The largest absolute Gasteiger partial charge is 0.360 e. The van der Waals surface area contributed by atoms with Crippen molar-refractivity contribution in [3.63, 3.8) is 0 Å². The SMILES string of the molecule is Cc1c(C(=O)Nc2ccc3nncn3c2)noc1C1CC1. The minimum Gasteiger partial charge on any atom is -0.360 e. The zero-order valence-electron chi connectivity index (χ0n) is 11.4. The zero-order chi connectivity index (χ0) is 14.4. The van der Waals surface area contributed by atoms with Crippen LogP contribution in [0.3, 0.4) is 0 Å². The number of nitrogens with one attached hydrogen (secondary N) is 1. The molecule has 0 saturated heterocycles. The summed E-state index contributed by atoms with van der Waals surface area (Å²) >= 11 is 0. The van der Waals surface area contributed by atoms with E-state index in [0.29, 0.717) is 17.3 Å². The van der Waals surface area contributed by atoms with Gasteiger partial charge < -0.3 is 9.84 Å². The van der Waals surface area contributed by atoms with Crippen molar-refractivity contribution in [3.05, 3.63) is 41.7 Å². The van der Waals surface area contributed by atoms with E-state index in [-0.39, 0.29) is 5.91 Å². The predicted octanol–water partition coefficient (Wildman–Crippen LogP) is 2.16. The molecule has 0 aliphatic heterocycles. The zero-order valence-corrected chi connectivity index (χ0v) is 11.4. The molecule has 1 aliphatic rings. The first-order valence-corrected chi connectivity index (χ1v) is 6.79. The van der Waals surface area contributed by atoms with Gasteiger partial charge in [-0.15, -0.1) is 10.2 Å². The highest BCUT2D eigenvalue weighted by molar-refractivity contribution is 6.03. The third-order valence-corrected chi connectivity index (χ3v) is 3.67. The molecule has 0 atom stereocenters. The van der Waals surface area contributed by atoms with Crippen LogP contribution in [0.5, 0.6) is 0 Å². The number of amides is 1. The van der Waals surface area contributed by atoms with Gasteiger partial charge in [0, 0.05) is 17.7 Å². The average Bonchev–Trinajstić information content (AvgIpc) is 3.07. The van der Waals surface area contributed by atoms with Gasteiger partial charge in [0.05, 0.1) is 5.69 Å². The number of fused-ring (bicyclic) bond motifs is 1. The van der Waals surface area contributed by atoms with Crippen LogP contribution in [0.25, 0.3) is 5.65 Å². The van der Waals surface area contributed by atoms with E-state index in [1.165, 1.54) is 0 Å². The number of nitrogens with zero attached hydrogens (tertiary/aromatic N) is 4. The first-order chi connectivity index (χ1) is 10.2. The van der Waals surface area contributed by atoms with Crippen LogP contribution in [0.2, 0.25) is 0 Å². The van der Waals surface area contributed by atoms with Crippen LogP contribution in [-0.2, 0) is 0 Å². The Morgan fingerprint density at radius 3 is 3.10 bits per heavy atom. The van der Waals surface area contributed by atoms with Crippen molar-refractivity contribution in [2.75, 3.05) is 5.32 Å². The minimum atomic E-state index is -0.268. The van der Waals surface area contributed by atoms with Crippen LogP contribution in [-0.4, -0.2) is 25.7 Å². The van der Waals surface area contributed by atoms with Crippen LogP contribution < -0.4 is 5.32 Å². The third-order valence-electron chi connectivity index (χ3n) is 3.67. The molecule has 0 bridgehead atoms. The van der Waals surface area contributed by atoms with E-state index >= 15 is 0 Å². The summed E-state index contributed by atoms with van der Waals surface area (Å²) in [6.07, 6.45) is 5.56. The lowest BCUT2D eigenvalue weighted by molar-refractivity contribution is 0.101. The first kappa shape index (κ1) is 12.1. The molecule has 1 aliphatic carbocycles. The monoisotopic (exact) mass is 283 g/mol. The van der Waals surface area contributed by atoms with Gasteiger partial charge in [-0.2, -0.15) is 0 Å². The fourth-order valence-electron chi connectivity index (χ4n) is 2.38. The Kier molecular flexibility index (Phi) is 2.53. The number of pyridine rings is 1. The second-order valence-corrected chi connectivity index (χ2v) is 5.26. The molecule has 3 aromatic heterocycles. The maximum absolute atomic E-state index is 12.3. The Morgan fingerprint density at radius 2 is 2.29 bits per heavy atom. The molecule has 7 nitrogen and oxygen atoms in total. The molecule has 1 amide bonds. The highest BCUT2D eigenvalue weighted by Gasteiger charge is 2.32. The number of anilines is 1. The highest BCUT2D eigenvalue weighted by atomic mass is 16.5. The highest BCUT2D eigenvalue weighted by Crippen LogP contribution is 2.42. The van der Waals surface area contributed by atoms with Gasteiger partial charge in [-0.05, 0) is 31.9 Å². The van der Waals surface area contributed by atoms with Gasteiger partial charge >= 0.3 is 0 Å². The summed E-state index contributed by atoms with van der Waals surface area (Å²) in [5.74, 6) is 1.01. The first-order valence-electron chi connectivity index (χ1n) is 6.79. The van der Waals surface area contributed by atoms with E-state index in [9.17, 15) is 4.79 Å². The molecule has 0 unspecified atom stereocenters. The molecule has 1 N–H and O–H groups in total. The predicted molar refractivity (Wildman–Crippen MR) is 74.2 cm³/mol. The second kappa shape index (κ2) is 4.41. The van der Waals surface area contributed by atoms with Crippen LogP contribution in [0, 0.1) is 6.92 Å². The Bertz CT molecular complexity index is 831. The second-order valence-electron chi connectivity index (χ2n) is 5.26. The number of rotatable bonds is 3. The molecule has 3 aromatic rings. The van der Waals surface area contributed by atoms with Crippen molar-refractivity contribution in [3.8, 4) is 0 Å². The number of carbonyl (C=O) groups is 1. The molecule has 7 heteroatoms. The summed E-state index contributed by atoms with van der Waals surface area (Å²) in [4.78, 5) is 12.3. The van der Waals surface area contributed by atoms with Crippen LogP contribution in [0.4, 0.5) is 5.69 Å². The molecular formula is C14H13N5O2. The van der Waals surface area contributed by atoms with Crippen molar-refractivity contribution < 1.29 is 9.32 Å². The molecule has 1 fully saturated rings. The fourth-order valence-corrected chi connectivity index (χ4v) is 2.38. The molecule has 4 rings (SSSR count). The standard InChI is InChI=1S/C14H13N5O2/c1-8-12(18-21-13(8)9-2-3-9)14(20)16-10-4-5-11-17-15-7-19(11)6-10/h4-7,9H,2-3H2,1H3,(H,16,20). The Balaban J connectivity index is 1.59. The molecule has 0 spiro atoms. The summed E-state index contributed by atoms with van der Waals surface area (Å²) < 4.78 is 7.04. The van der Waals surface area contributed by atoms with E-state index in [0.717, 1.165) is 29.8 Å². The van der Waals surface area contributed by atoms with Gasteiger partial charge in [-0.25, -0.2) is 0 Å². The van der Waals surface area contributed by atoms with Crippen molar-refractivity contribution in [1.29, 1.82) is 0 Å². The molecular weight excluding hydrogens is 270 g/mol. The van der Waals surface area contributed by atoms with E-state index in [4.69, 9.17) is 4.52 Å². The quantitative estimate of drug-likeness (QED) is 0.796.